The van der Waals surface area contributed by atoms with Crippen molar-refractivity contribution in [1.29, 1.82) is 0 Å². The maximum atomic E-state index is 12.2. The fourth-order valence-electron chi connectivity index (χ4n) is 2.06. The van der Waals surface area contributed by atoms with Crippen molar-refractivity contribution in [2.45, 2.75) is 26.2 Å². The van der Waals surface area contributed by atoms with Crippen LogP contribution in [0.5, 0.6) is 0 Å². The average molecular weight is 311 g/mol. The average Bonchev–Trinajstić information content (AvgIpc) is 2.95. The van der Waals surface area contributed by atoms with Crippen LogP contribution >= 0.6 is 11.6 Å². The highest BCUT2D eigenvalue weighted by atomic mass is 35.5. The van der Waals surface area contributed by atoms with Gasteiger partial charge in [-0.2, -0.15) is 5.10 Å². The summed E-state index contributed by atoms with van der Waals surface area (Å²) in [5.74, 6) is -0.331. The molecule has 0 aliphatic rings. The Bertz CT molecular complexity index is 645. The Labute approximate surface area is 128 Å². The van der Waals surface area contributed by atoms with Crippen LogP contribution in [0, 0.1) is 0 Å². The summed E-state index contributed by atoms with van der Waals surface area (Å²) in [6, 6.07) is 0. The lowest BCUT2D eigenvalue weighted by atomic mass is 10.1. The first-order chi connectivity index (χ1) is 9.91. The van der Waals surface area contributed by atoms with Crippen LogP contribution in [-0.2, 0) is 25.3 Å². The monoisotopic (exact) mass is 310 g/mol. The highest BCUT2D eigenvalue weighted by Crippen LogP contribution is 2.25. The van der Waals surface area contributed by atoms with E-state index in [1.165, 1.54) is 4.68 Å². The first-order valence-electron chi connectivity index (χ1n) is 6.76. The molecule has 0 saturated carbocycles. The van der Waals surface area contributed by atoms with Crippen molar-refractivity contribution in [1.82, 2.24) is 19.3 Å². The molecule has 0 unspecified atom stereocenters. The molecule has 114 valence electrons. The van der Waals surface area contributed by atoms with Gasteiger partial charge in [-0.25, -0.2) is 9.78 Å². The third kappa shape index (κ3) is 3.26. The molecule has 6 nitrogen and oxygen atoms in total. The number of carbonyl (C=O) groups excluding carboxylic acids is 1. The molecule has 2 heterocycles. The number of hydrogen-bond acceptors (Lipinski definition) is 4. The van der Waals surface area contributed by atoms with Gasteiger partial charge >= 0.3 is 5.97 Å². The molecular weight excluding hydrogens is 292 g/mol. The van der Waals surface area contributed by atoms with E-state index >= 15 is 0 Å². The second kappa shape index (κ2) is 6.30. The molecule has 2 aromatic heterocycles. The molecule has 0 radical (unpaired) electrons. The van der Waals surface area contributed by atoms with Gasteiger partial charge in [0.1, 0.15) is 10.7 Å². The number of aryl methyl sites for hydroxylation is 2. The quantitative estimate of drug-likeness (QED) is 0.795. The number of aromatic nitrogens is 4. The lowest BCUT2D eigenvalue weighted by Gasteiger charge is -2.07. The van der Waals surface area contributed by atoms with Crippen molar-refractivity contribution in [2.75, 3.05) is 6.61 Å². The van der Waals surface area contributed by atoms with E-state index in [-0.39, 0.29) is 12.5 Å². The molecule has 0 saturated heterocycles. The number of ether oxygens (including phenoxy) is 1. The Hall–Kier alpha value is -1.82. The predicted molar refractivity (Wildman–Crippen MR) is 79.5 cm³/mol. The van der Waals surface area contributed by atoms with Crippen LogP contribution in [0.1, 0.15) is 41.5 Å². The zero-order valence-electron chi connectivity index (χ0n) is 12.6. The third-order valence-corrected chi connectivity index (χ3v) is 3.70. The van der Waals surface area contributed by atoms with Crippen LogP contribution in [-0.4, -0.2) is 31.9 Å². The van der Waals surface area contributed by atoms with Crippen molar-refractivity contribution in [3.05, 3.63) is 34.6 Å². The molecule has 2 rings (SSSR count). The van der Waals surface area contributed by atoms with E-state index in [4.69, 9.17) is 16.3 Å². The van der Waals surface area contributed by atoms with Crippen LogP contribution in [0.15, 0.2) is 12.5 Å². The molecule has 0 fully saturated rings. The van der Waals surface area contributed by atoms with E-state index in [0.29, 0.717) is 22.8 Å². The summed E-state index contributed by atoms with van der Waals surface area (Å²) in [4.78, 5) is 16.3. The highest BCUT2D eigenvalue weighted by Gasteiger charge is 2.24. The van der Waals surface area contributed by atoms with Gasteiger partial charge in [0.2, 0.25) is 0 Å². The zero-order chi connectivity index (χ0) is 15.6. The molecule has 21 heavy (non-hydrogen) atoms. The minimum atomic E-state index is -0.432. The summed E-state index contributed by atoms with van der Waals surface area (Å²) in [5, 5.41) is 4.58. The Balaban J connectivity index is 2.05. The Morgan fingerprint density at radius 2 is 2.14 bits per heavy atom. The molecule has 0 aliphatic carbocycles. The van der Waals surface area contributed by atoms with Crippen molar-refractivity contribution in [3.8, 4) is 0 Å². The van der Waals surface area contributed by atoms with E-state index < -0.39 is 5.97 Å². The molecule has 0 atom stereocenters. The van der Waals surface area contributed by atoms with Gasteiger partial charge in [-0.3, -0.25) is 4.68 Å². The van der Waals surface area contributed by atoms with Crippen molar-refractivity contribution in [3.63, 3.8) is 0 Å². The Kier molecular flexibility index (Phi) is 4.67. The number of imidazole rings is 1. The van der Waals surface area contributed by atoms with Gasteiger partial charge in [0.05, 0.1) is 18.6 Å². The Morgan fingerprint density at radius 1 is 1.43 bits per heavy atom. The largest absolute Gasteiger partial charge is 0.462 e. The summed E-state index contributed by atoms with van der Waals surface area (Å²) in [7, 11) is 3.61. The van der Waals surface area contributed by atoms with Gasteiger partial charge in [-0.15, -0.1) is 0 Å². The number of hydrogen-bond donors (Lipinski definition) is 0. The molecule has 0 aromatic carbocycles. The number of halogens is 1. The minimum Gasteiger partial charge on any atom is -0.462 e. The van der Waals surface area contributed by atoms with Gasteiger partial charge in [-0.05, 0) is 5.92 Å². The fraction of sp³-hybridized carbons (Fsp3) is 0.500. The zero-order valence-corrected chi connectivity index (χ0v) is 13.4. The summed E-state index contributed by atoms with van der Waals surface area (Å²) in [6.45, 7) is 4.21. The summed E-state index contributed by atoms with van der Waals surface area (Å²) >= 11 is 6.14. The normalized spacial score (nSPS) is 11.1. The second-order valence-corrected chi connectivity index (χ2v) is 5.57. The molecular formula is C14H19ClN4O2. The molecule has 0 bridgehead atoms. The SMILES string of the molecule is CC(C)c1nn(C)c(Cl)c1C(=O)OCCc1cncn1C. The molecule has 0 N–H and O–H groups in total. The number of nitrogens with zero attached hydrogens (tertiary/aromatic N) is 4. The molecule has 7 heteroatoms. The summed E-state index contributed by atoms with van der Waals surface area (Å²) in [6.07, 6.45) is 4.08. The topological polar surface area (TPSA) is 61.9 Å². The van der Waals surface area contributed by atoms with Gasteiger partial charge < -0.3 is 9.30 Å². The van der Waals surface area contributed by atoms with Crippen molar-refractivity contribution >= 4 is 17.6 Å². The van der Waals surface area contributed by atoms with E-state index in [9.17, 15) is 4.79 Å². The fourth-order valence-corrected chi connectivity index (χ4v) is 2.27. The first kappa shape index (κ1) is 15.6. The van der Waals surface area contributed by atoms with Crippen LogP contribution in [0.2, 0.25) is 5.15 Å². The van der Waals surface area contributed by atoms with Gasteiger partial charge in [-0.1, -0.05) is 25.4 Å². The smallest absolute Gasteiger partial charge is 0.343 e. The van der Waals surface area contributed by atoms with Gasteiger partial charge in [0.25, 0.3) is 0 Å². The van der Waals surface area contributed by atoms with Crippen molar-refractivity contribution < 1.29 is 9.53 Å². The van der Waals surface area contributed by atoms with Crippen LogP contribution in [0.4, 0.5) is 0 Å². The first-order valence-corrected chi connectivity index (χ1v) is 7.14. The van der Waals surface area contributed by atoms with Gasteiger partial charge in [0, 0.05) is 32.4 Å². The number of esters is 1. The lowest BCUT2D eigenvalue weighted by Crippen LogP contribution is -2.11. The maximum Gasteiger partial charge on any atom is 0.343 e. The maximum absolute atomic E-state index is 12.2. The minimum absolute atomic E-state index is 0.100. The van der Waals surface area contributed by atoms with Crippen LogP contribution < -0.4 is 0 Å². The van der Waals surface area contributed by atoms with E-state index in [2.05, 4.69) is 10.1 Å². The number of rotatable bonds is 5. The predicted octanol–water partition coefficient (Wildman–Crippen LogP) is 2.33. The van der Waals surface area contributed by atoms with Crippen molar-refractivity contribution in [2.24, 2.45) is 14.1 Å². The summed E-state index contributed by atoms with van der Waals surface area (Å²) in [5.41, 5.74) is 2.02. The van der Waals surface area contributed by atoms with E-state index in [1.807, 2.05) is 25.5 Å². The molecule has 2 aromatic rings. The lowest BCUT2D eigenvalue weighted by molar-refractivity contribution is 0.0506. The van der Waals surface area contributed by atoms with E-state index in [1.54, 1.807) is 19.6 Å². The Morgan fingerprint density at radius 3 is 2.71 bits per heavy atom. The standard InChI is InChI=1S/C14H19ClN4O2/c1-9(2)12-11(13(15)19(4)17-12)14(20)21-6-5-10-7-16-8-18(10)3/h7-9H,5-6H2,1-4H3. The molecule has 0 amide bonds. The van der Waals surface area contributed by atoms with Crippen LogP contribution in [0.3, 0.4) is 0 Å². The highest BCUT2D eigenvalue weighted by molar-refractivity contribution is 6.32. The van der Waals surface area contributed by atoms with E-state index in [0.717, 1.165) is 5.69 Å². The molecule has 0 aliphatic heterocycles. The third-order valence-electron chi connectivity index (χ3n) is 3.26. The molecule has 0 spiro atoms. The van der Waals surface area contributed by atoms with Crippen LogP contribution in [0.25, 0.3) is 0 Å². The second-order valence-electron chi connectivity index (χ2n) is 5.21. The summed E-state index contributed by atoms with van der Waals surface area (Å²) < 4.78 is 8.71. The number of carbonyl (C=O) groups is 1. The van der Waals surface area contributed by atoms with Gasteiger partial charge in [0.15, 0.2) is 0 Å².